The highest BCUT2D eigenvalue weighted by Crippen LogP contribution is 2.25. The monoisotopic (exact) mass is 168 g/mol. The van der Waals surface area contributed by atoms with Crippen molar-refractivity contribution in [2.75, 3.05) is 5.75 Å². The molecule has 0 spiro atoms. The quantitative estimate of drug-likeness (QED) is 0.480. The van der Waals surface area contributed by atoms with Gasteiger partial charge in [0.1, 0.15) is 13.9 Å². The van der Waals surface area contributed by atoms with Crippen molar-refractivity contribution in [3.05, 3.63) is 0 Å². The third kappa shape index (κ3) is 3.39. The Morgan fingerprint density at radius 2 is 2.00 bits per heavy atom. The van der Waals surface area contributed by atoms with Crippen LogP contribution in [-0.2, 0) is 0 Å². The number of hydrogen-bond donors (Lipinski definition) is 1. The molecule has 58 valence electrons. The SMILES string of the molecule is [B]C(F)C(F)(F)CCCS. The van der Waals surface area contributed by atoms with E-state index < -0.39 is 18.4 Å². The molecule has 0 amide bonds. The van der Waals surface area contributed by atoms with E-state index in [2.05, 4.69) is 20.5 Å². The van der Waals surface area contributed by atoms with Crippen LogP contribution in [0.1, 0.15) is 12.8 Å². The van der Waals surface area contributed by atoms with Crippen LogP contribution in [0, 0.1) is 0 Å². The summed E-state index contributed by atoms with van der Waals surface area (Å²) in [6, 6.07) is 0. The predicted molar refractivity (Wildman–Crippen MR) is 38.7 cm³/mol. The highest BCUT2D eigenvalue weighted by molar-refractivity contribution is 7.80. The molecule has 1 atom stereocenters. The van der Waals surface area contributed by atoms with Crippen LogP contribution in [0.25, 0.3) is 0 Å². The summed E-state index contributed by atoms with van der Waals surface area (Å²) in [6.45, 7) is 0. The van der Waals surface area contributed by atoms with Crippen LogP contribution in [-0.4, -0.2) is 25.6 Å². The van der Waals surface area contributed by atoms with E-state index in [1.165, 1.54) is 0 Å². The van der Waals surface area contributed by atoms with Crippen molar-refractivity contribution < 1.29 is 13.2 Å². The zero-order valence-corrected chi connectivity index (χ0v) is 6.25. The lowest BCUT2D eigenvalue weighted by Gasteiger charge is -2.16. The van der Waals surface area contributed by atoms with Crippen LogP contribution in [0.5, 0.6) is 0 Å². The van der Waals surface area contributed by atoms with Crippen molar-refractivity contribution >= 4 is 20.5 Å². The average molecular weight is 168 g/mol. The summed E-state index contributed by atoms with van der Waals surface area (Å²) in [5.41, 5.74) is 0. The second-order valence-corrected chi connectivity index (χ2v) is 2.44. The minimum atomic E-state index is -3.39. The lowest BCUT2D eigenvalue weighted by atomic mass is 9.93. The minimum absolute atomic E-state index is 0.174. The van der Waals surface area contributed by atoms with Crippen molar-refractivity contribution in [1.82, 2.24) is 0 Å². The number of halogens is 3. The third-order valence-electron chi connectivity index (χ3n) is 1.07. The second kappa shape index (κ2) is 4.16. The molecule has 5 heteroatoms. The molecule has 2 radical (unpaired) electrons. The van der Waals surface area contributed by atoms with E-state index in [1.807, 2.05) is 0 Å². The van der Waals surface area contributed by atoms with Gasteiger partial charge in [-0.1, -0.05) is 0 Å². The van der Waals surface area contributed by atoms with Crippen LogP contribution >= 0.6 is 12.6 Å². The molecular weight excluding hydrogens is 160 g/mol. The first kappa shape index (κ1) is 10.2. The van der Waals surface area contributed by atoms with Crippen molar-refractivity contribution in [3.8, 4) is 0 Å². The van der Waals surface area contributed by atoms with Crippen LogP contribution in [0.2, 0.25) is 0 Å². The van der Waals surface area contributed by atoms with Gasteiger partial charge in [0.15, 0.2) is 0 Å². The molecule has 0 saturated carbocycles. The maximum atomic E-state index is 12.2. The smallest absolute Gasteiger partial charge is 0.252 e. The highest BCUT2D eigenvalue weighted by atomic mass is 32.1. The molecule has 0 aromatic rings. The van der Waals surface area contributed by atoms with E-state index in [0.717, 1.165) is 0 Å². The number of alkyl halides is 3. The molecule has 0 heterocycles. The summed E-state index contributed by atoms with van der Waals surface area (Å²) in [7, 11) is 4.37. The Kier molecular flexibility index (Phi) is 4.25. The van der Waals surface area contributed by atoms with Crippen LogP contribution < -0.4 is 0 Å². The Morgan fingerprint density at radius 3 is 2.30 bits per heavy atom. The van der Waals surface area contributed by atoms with Gasteiger partial charge in [-0.25, -0.2) is 8.78 Å². The van der Waals surface area contributed by atoms with Gasteiger partial charge in [0.05, 0.1) is 0 Å². The van der Waals surface area contributed by atoms with Crippen molar-refractivity contribution in [3.63, 3.8) is 0 Å². The van der Waals surface area contributed by atoms with Crippen molar-refractivity contribution in [1.29, 1.82) is 0 Å². The van der Waals surface area contributed by atoms with Gasteiger partial charge < -0.3 is 0 Å². The molecular formula is C5H8BF3S. The van der Waals surface area contributed by atoms with Gasteiger partial charge in [-0.15, -0.1) is 0 Å². The van der Waals surface area contributed by atoms with E-state index in [9.17, 15) is 13.2 Å². The summed E-state index contributed by atoms with van der Waals surface area (Å²) in [6.07, 6.45) is -2.91. The van der Waals surface area contributed by atoms with E-state index in [-0.39, 0.29) is 6.42 Å². The Bertz CT molecular complexity index is 96.9. The average Bonchev–Trinajstić information content (AvgIpc) is 1.84. The normalized spacial score (nSPS) is 15.2. The molecule has 0 aliphatic rings. The summed E-state index contributed by atoms with van der Waals surface area (Å²) >= 11 is 3.70. The maximum absolute atomic E-state index is 12.2. The van der Waals surface area contributed by atoms with Gasteiger partial charge in [0.25, 0.3) is 5.92 Å². The van der Waals surface area contributed by atoms with E-state index in [0.29, 0.717) is 5.75 Å². The Balaban J connectivity index is 3.63. The van der Waals surface area contributed by atoms with Crippen molar-refractivity contribution in [2.24, 2.45) is 0 Å². The molecule has 10 heavy (non-hydrogen) atoms. The first-order chi connectivity index (χ1) is 4.50. The summed E-state index contributed by atoms with van der Waals surface area (Å²) in [5, 5.41) is 0. The summed E-state index contributed by atoms with van der Waals surface area (Å²) in [4.78, 5) is 0. The molecule has 0 aliphatic heterocycles. The molecule has 0 aromatic carbocycles. The molecule has 0 saturated heterocycles. The number of thiol groups is 1. The van der Waals surface area contributed by atoms with Crippen LogP contribution in [0.4, 0.5) is 13.2 Å². The van der Waals surface area contributed by atoms with Gasteiger partial charge in [-0.2, -0.15) is 12.6 Å². The largest absolute Gasteiger partial charge is 0.270 e. The Hall–Kier alpha value is 0.205. The van der Waals surface area contributed by atoms with E-state index >= 15 is 0 Å². The Morgan fingerprint density at radius 1 is 1.50 bits per heavy atom. The molecule has 0 aliphatic carbocycles. The van der Waals surface area contributed by atoms with Crippen LogP contribution in [0.15, 0.2) is 0 Å². The molecule has 0 bridgehead atoms. The first-order valence-electron chi connectivity index (χ1n) is 2.89. The first-order valence-corrected chi connectivity index (χ1v) is 3.52. The molecule has 0 nitrogen and oxygen atoms in total. The second-order valence-electron chi connectivity index (χ2n) is 1.99. The van der Waals surface area contributed by atoms with Gasteiger partial charge in [-0.05, 0) is 12.2 Å². The van der Waals surface area contributed by atoms with E-state index in [1.54, 1.807) is 0 Å². The minimum Gasteiger partial charge on any atom is -0.252 e. The third-order valence-corrected chi connectivity index (χ3v) is 1.39. The van der Waals surface area contributed by atoms with Gasteiger partial charge >= 0.3 is 0 Å². The topological polar surface area (TPSA) is 0 Å². The van der Waals surface area contributed by atoms with Crippen LogP contribution in [0.3, 0.4) is 0 Å². The van der Waals surface area contributed by atoms with Gasteiger partial charge in [0, 0.05) is 6.42 Å². The fraction of sp³-hybridized carbons (Fsp3) is 1.00. The molecule has 0 aromatic heterocycles. The molecule has 0 fully saturated rings. The summed E-state index contributed by atoms with van der Waals surface area (Å²) < 4.78 is 36.2. The lowest BCUT2D eigenvalue weighted by molar-refractivity contribution is -0.0478. The van der Waals surface area contributed by atoms with Crippen molar-refractivity contribution in [2.45, 2.75) is 24.8 Å². The number of rotatable bonds is 4. The fourth-order valence-electron chi connectivity index (χ4n) is 0.453. The molecule has 0 rings (SSSR count). The highest BCUT2D eigenvalue weighted by Gasteiger charge is 2.34. The maximum Gasteiger partial charge on any atom is 0.270 e. The molecule has 1 unspecified atom stereocenters. The zero-order chi connectivity index (χ0) is 8.20. The van der Waals surface area contributed by atoms with E-state index in [4.69, 9.17) is 0 Å². The standard InChI is InChI=1S/C5H8BF3S/c6-4(7)5(8,9)2-1-3-10/h4,10H,1-3H2. The predicted octanol–water partition coefficient (Wildman–Crippen LogP) is 1.80. The molecule has 0 N–H and O–H groups in total. The van der Waals surface area contributed by atoms with Gasteiger partial charge in [-0.3, -0.25) is 4.39 Å². The lowest BCUT2D eigenvalue weighted by Crippen LogP contribution is -2.30. The fourth-order valence-corrected chi connectivity index (χ4v) is 0.611. The zero-order valence-electron chi connectivity index (χ0n) is 5.36. The Labute approximate surface area is 65.0 Å². The van der Waals surface area contributed by atoms with Gasteiger partial charge in [0.2, 0.25) is 0 Å². The number of hydrogen-bond acceptors (Lipinski definition) is 1. The summed E-state index contributed by atoms with van der Waals surface area (Å²) in [5.74, 6) is -3.06.